The summed E-state index contributed by atoms with van der Waals surface area (Å²) in [6, 6.07) is 15.1. The lowest BCUT2D eigenvalue weighted by Crippen LogP contribution is -2.28. The van der Waals surface area contributed by atoms with E-state index >= 15 is 0 Å². The number of rotatable bonds is 3. The summed E-state index contributed by atoms with van der Waals surface area (Å²) < 4.78 is 0. The molecule has 0 radical (unpaired) electrons. The minimum Gasteiger partial charge on any atom is -0.358 e. The molecule has 0 aromatic heterocycles. The van der Waals surface area contributed by atoms with Crippen molar-refractivity contribution in [2.24, 2.45) is 0 Å². The molecule has 5 heteroatoms. The lowest BCUT2D eigenvalue weighted by Gasteiger charge is -2.13. The number of benzene rings is 2. The first kappa shape index (κ1) is 15.3. The Kier molecular flexibility index (Phi) is 5.15. The van der Waals surface area contributed by atoms with E-state index in [0.717, 1.165) is 16.8 Å². The first-order valence-corrected chi connectivity index (χ1v) is 7.18. The van der Waals surface area contributed by atoms with Crippen LogP contribution in [0.5, 0.6) is 0 Å². The molecule has 2 rings (SSSR count). The van der Waals surface area contributed by atoms with Gasteiger partial charge < -0.3 is 10.6 Å². The molecule has 0 bridgehead atoms. The van der Waals surface area contributed by atoms with Gasteiger partial charge in [0.25, 0.3) is 0 Å². The highest BCUT2D eigenvalue weighted by molar-refractivity contribution is 7.80. The zero-order valence-corrected chi connectivity index (χ0v) is 13.1. The quantitative estimate of drug-likeness (QED) is 0.840. The van der Waals surface area contributed by atoms with E-state index in [1.54, 1.807) is 12.1 Å². The second-order valence-electron chi connectivity index (χ2n) is 4.55. The molecule has 0 fully saturated rings. The second-order valence-corrected chi connectivity index (χ2v) is 5.36. The molecule has 2 aromatic carbocycles. The normalized spacial score (nSPS) is 9.76. The minimum atomic E-state index is 0.510. The van der Waals surface area contributed by atoms with E-state index in [4.69, 9.17) is 29.1 Å². The van der Waals surface area contributed by atoms with Crippen LogP contribution < -0.4 is 10.6 Å². The van der Waals surface area contributed by atoms with Gasteiger partial charge in [-0.2, -0.15) is 5.26 Å². The largest absolute Gasteiger partial charge is 0.358 e. The third-order valence-electron chi connectivity index (χ3n) is 3.00. The topological polar surface area (TPSA) is 47.8 Å². The molecule has 2 N–H and O–H groups in total. The summed E-state index contributed by atoms with van der Waals surface area (Å²) in [5.41, 5.74) is 3.54. The van der Waals surface area contributed by atoms with Crippen LogP contribution in [0.15, 0.2) is 42.5 Å². The van der Waals surface area contributed by atoms with E-state index in [1.807, 2.05) is 37.3 Å². The van der Waals surface area contributed by atoms with Crippen molar-refractivity contribution in [1.29, 1.82) is 5.26 Å². The van der Waals surface area contributed by atoms with Gasteiger partial charge in [-0.05, 0) is 48.5 Å². The molecular formula is C16H14ClN3S. The number of hydrogen-bond donors (Lipinski definition) is 2. The van der Waals surface area contributed by atoms with Crippen molar-refractivity contribution in [3.63, 3.8) is 0 Å². The molecule has 0 aliphatic rings. The molecule has 0 aliphatic carbocycles. The average Bonchev–Trinajstić information content (AvgIpc) is 2.49. The van der Waals surface area contributed by atoms with Crippen molar-refractivity contribution in [2.45, 2.75) is 13.5 Å². The number of para-hydroxylation sites is 1. The zero-order valence-electron chi connectivity index (χ0n) is 11.5. The Labute approximate surface area is 134 Å². The summed E-state index contributed by atoms with van der Waals surface area (Å²) in [6.07, 6.45) is 0. The zero-order chi connectivity index (χ0) is 15.2. The smallest absolute Gasteiger partial charge is 0.171 e. The van der Waals surface area contributed by atoms with Crippen molar-refractivity contribution in [1.82, 2.24) is 5.32 Å². The monoisotopic (exact) mass is 315 g/mol. The molecule has 0 saturated heterocycles. The highest BCUT2D eigenvalue weighted by atomic mass is 35.5. The average molecular weight is 316 g/mol. The van der Waals surface area contributed by atoms with Gasteiger partial charge in [0.1, 0.15) is 0 Å². The van der Waals surface area contributed by atoms with Gasteiger partial charge in [-0.25, -0.2) is 0 Å². The number of nitrogens with one attached hydrogen (secondary N) is 2. The van der Waals surface area contributed by atoms with Crippen molar-refractivity contribution in [3.05, 3.63) is 64.2 Å². The van der Waals surface area contributed by atoms with E-state index in [2.05, 4.69) is 16.7 Å². The van der Waals surface area contributed by atoms with Crippen LogP contribution >= 0.6 is 23.8 Å². The molecule has 0 aliphatic heterocycles. The van der Waals surface area contributed by atoms with Gasteiger partial charge in [0.2, 0.25) is 0 Å². The lowest BCUT2D eigenvalue weighted by molar-refractivity contribution is 0.925. The number of nitrogens with zero attached hydrogens (tertiary/aromatic N) is 1. The first-order valence-electron chi connectivity index (χ1n) is 6.39. The van der Waals surface area contributed by atoms with E-state index in [9.17, 15) is 0 Å². The predicted octanol–water partition coefficient (Wildman–Crippen LogP) is 4.01. The van der Waals surface area contributed by atoms with Gasteiger partial charge in [0.05, 0.1) is 22.3 Å². The number of nitriles is 1. The summed E-state index contributed by atoms with van der Waals surface area (Å²) in [5.74, 6) is 0. The van der Waals surface area contributed by atoms with Gasteiger partial charge in [0.15, 0.2) is 5.11 Å². The van der Waals surface area contributed by atoms with Crippen LogP contribution in [0.3, 0.4) is 0 Å². The fourth-order valence-corrected chi connectivity index (χ4v) is 2.27. The molecule has 3 nitrogen and oxygen atoms in total. The molecule has 0 atom stereocenters. The van der Waals surface area contributed by atoms with Crippen LogP contribution in [0.1, 0.15) is 16.7 Å². The Morgan fingerprint density at radius 3 is 2.57 bits per heavy atom. The van der Waals surface area contributed by atoms with Crippen molar-refractivity contribution >= 4 is 34.6 Å². The number of hydrogen-bond acceptors (Lipinski definition) is 2. The third kappa shape index (κ3) is 4.19. The minimum absolute atomic E-state index is 0.510. The number of thiocarbonyl (C=S) groups is 1. The molecule has 0 amide bonds. The van der Waals surface area contributed by atoms with E-state index in [-0.39, 0.29) is 0 Å². The highest BCUT2D eigenvalue weighted by Gasteiger charge is 2.05. The molecular weight excluding hydrogens is 302 g/mol. The summed E-state index contributed by atoms with van der Waals surface area (Å²) in [7, 11) is 0. The maximum absolute atomic E-state index is 8.75. The maximum Gasteiger partial charge on any atom is 0.171 e. The van der Waals surface area contributed by atoms with Gasteiger partial charge in [-0.15, -0.1) is 0 Å². The summed E-state index contributed by atoms with van der Waals surface area (Å²) in [4.78, 5) is 0. The SMILES string of the molecule is Cc1cccc(Cl)c1NC(=S)NCc1ccc(C#N)cc1. The van der Waals surface area contributed by atoms with Gasteiger partial charge in [0, 0.05) is 6.54 Å². The third-order valence-corrected chi connectivity index (χ3v) is 3.56. The number of anilines is 1. The van der Waals surface area contributed by atoms with Gasteiger partial charge in [-0.3, -0.25) is 0 Å². The fourth-order valence-electron chi connectivity index (χ4n) is 1.83. The van der Waals surface area contributed by atoms with Gasteiger partial charge >= 0.3 is 0 Å². The van der Waals surface area contributed by atoms with Crippen molar-refractivity contribution in [2.75, 3.05) is 5.32 Å². The summed E-state index contributed by atoms with van der Waals surface area (Å²) in [5, 5.41) is 16.1. The molecule has 0 unspecified atom stereocenters. The lowest BCUT2D eigenvalue weighted by atomic mass is 10.1. The molecule has 0 spiro atoms. The predicted molar refractivity (Wildman–Crippen MR) is 90.4 cm³/mol. The number of aryl methyl sites for hydroxylation is 1. The molecule has 106 valence electrons. The fraction of sp³-hybridized carbons (Fsp3) is 0.125. The Morgan fingerprint density at radius 1 is 1.24 bits per heavy atom. The van der Waals surface area contributed by atoms with E-state index in [0.29, 0.717) is 22.2 Å². The Balaban J connectivity index is 1.94. The standard InChI is InChI=1S/C16H14ClN3S/c1-11-3-2-4-14(17)15(11)20-16(21)19-10-13-7-5-12(9-18)6-8-13/h2-8H,10H2,1H3,(H2,19,20,21). The summed E-state index contributed by atoms with van der Waals surface area (Å²) >= 11 is 11.4. The summed E-state index contributed by atoms with van der Waals surface area (Å²) in [6.45, 7) is 2.55. The Bertz CT molecular complexity index is 669. The van der Waals surface area contributed by atoms with Crippen LogP contribution in [0.2, 0.25) is 5.02 Å². The van der Waals surface area contributed by atoms with Crippen LogP contribution in [-0.2, 0) is 6.54 Å². The first-order chi connectivity index (χ1) is 10.1. The van der Waals surface area contributed by atoms with Crippen LogP contribution in [0.4, 0.5) is 5.69 Å². The van der Waals surface area contributed by atoms with Crippen LogP contribution in [0, 0.1) is 18.3 Å². The van der Waals surface area contributed by atoms with Crippen LogP contribution in [-0.4, -0.2) is 5.11 Å². The molecule has 21 heavy (non-hydrogen) atoms. The van der Waals surface area contributed by atoms with E-state index in [1.165, 1.54) is 0 Å². The Hall–Kier alpha value is -2.09. The molecule has 0 saturated carbocycles. The maximum atomic E-state index is 8.75. The molecule has 0 heterocycles. The van der Waals surface area contributed by atoms with Gasteiger partial charge in [-0.1, -0.05) is 35.9 Å². The van der Waals surface area contributed by atoms with Crippen molar-refractivity contribution < 1.29 is 0 Å². The second kappa shape index (κ2) is 7.07. The molecule has 2 aromatic rings. The number of halogens is 1. The Morgan fingerprint density at radius 2 is 1.95 bits per heavy atom. The highest BCUT2D eigenvalue weighted by Crippen LogP contribution is 2.24. The van der Waals surface area contributed by atoms with E-state index < -0.39 is 0 Å². The van der Waals surface area contributed by atoms with Crippen LogP contribution in [0.25, 0.3) is 0 Å². The van der Waals surface area contributed by atoms with Crippen molar-refractivity contribution in [3.8, 4) is 6.07 Å².